The second-order valence-electron chi connectivity index (χ2n) is 4.04. The van der Waals surface area contributed by atoms with Crippen LogP contribution in [-0.2, 0) is 13.0 Å². The number of nitrogens with one attached hydrogen (secondary N) is 1. The Morgan fingerprint density at radius 2 is 2.12 bits per heavy atom. The van der Waals surface area contributed by atoms with E-state index in [1.807, 2.05) is 6.07 Å². The topological polar surface area (TPSA) is 54.2 Å². The number of hydrazine groups is 1. The van der Waals surface area contributed by atoms with Gasteiger partial charge in [-0.15, -0.1) is 0 Å². The fourth-order valence-corrected chi connectivity index (χ4v) is 3.05. The first-order chi connectivity index (χ1) is 8.36. The van der Waals surface area contributed by atoms with Gasteiger partial charge in [-0.05, 0) is 12.1 Å². The van der Waals surface area contributed by atoms with Crippen LogP contribution in [0.1, 0.15) is 10.6 Å². The largest absolute Gasteiger partial charge is 0.366 e. The van der Waals surface area contributed by atoms with Crippen LogP contribution in [0, 0.1) is 0 Å². The quantitative estimate of drug-likeness (QED) is 0.628. The zero-order valence-corrected chi connectivity index (χ0v) is 10.2. The number of nitrogens with two attached hydrogens (primary N) is 1. The van der Waals surface area contributed by atoms with Gasteiger partial charge in [-0.2, -0.15) is 0 Å². The number of hydrogen-bond donors (Lipinski definition) is 2. The van der Waals surface area contributed by atoms with Crippen molar-refractivity contribution in [2.24, 2.45) is 5.84 Å². The van der Waals surface area contributed by atoms with Gasteiger partial charge in [0.05, 0.1) is 12.2 Å². The molecule has 0 aliphatic carbocycles. The summed E-state index contributed by atoms with van der Waals surface area (Å²) >= 11 is 1.64. The highest BCUT2D eigenvalue weighted by molar-refractivity contribution is 7.15. The molecule has 3 rings (SSSR count). The van der Waals surface area contributed by atoms with E-state index < -0.39 is 0 Å². The van der Waals surface area contributed by atoms with Crippen LogP contribution in [0.5, 0.6) is 0 Å². The lowest BCUT2D eigenvalue weighted by molar-refractivity contribution is 0.729. The molecule has 88 valence electrons. The second kappa shape index (κ2) is 4.35. The molecule has 1 aromatic heterocycles. The molecule has 0 atom stereocenters. The first kappa shape index (κ1) is 10.6. The van der Waals surface area contributed by atoms with Crippen LogP contribution in [0.15, 0.2) is 30.3 Å². The molecule has 1 aliphatic rings. The van der Waals surface area contributed by atoms with Crippen LogP contribution < -0.4 is 16.2 Å². The van der Waals surface area contributed by atoms with Crippen molar-refractivity contribution in [3.8, 4) is 0 Å². The number of benzene rings is 1. The molecule has 0 spiro atoms. The van der Waals surface area contributed by atoms with Gasteiger partial charge in [0.2, 0.25) is 0 Å². The van der Waals surface area contributed by atoms with Gasteiger partial charge >= 0.3 is 0 Å². The third-order valence-corrected chi connectivity index (χ3v) is 3.99. The minimum atomic E-state index is 0.810. The lowest BCUT2D eigenvalue weighted by Gasteiger charge is -2.28. The highest BCUT2D eigenvalue weighted by atomic mass is 32.1. The average Bonchev–Trinajstić information content (AvgIpc) is 2.81. The molecule has 2 aromatic rings. The molecule has 0 saturated heterocycles. The summed E-state index contributed by atoms with van der Waals surface area (Å²) in [5.74, 6) is 5.39. The number of rotatable bonds is 2. The zero-order valence-electron chi connectivity index (χ0n) is 9.39. The van der Waals surface area contributed by atoms with Gasteiger partial charge < -0.3 is 4.90 Å². The lowest BCUT2D eigenvalue weighted by Crippen LogP contribution is -2.29. The smallest absolute Gasteiger partial charge is 0.197 e. The number of anilines is 2. The highest BCUT2D eigenvalue weighted by Crippen LogP contribution is 2.30. The van der Waals surface area contributed by atoms with E-state index in [1.54, 1.807) is 11.3 Å². The highest BCUT2D eigenvalue weighted by Gasteiger charge is 2.20. The Kier molecular flexibility index (Phi) is 2.70. The summed E-state index contributed by atoms with van der Waals surface area (Å²) in [5, 5.41) is 0.810. The predicted molar refractivity (Wildman–Crippen MR) is 71.1 cm³/mol. The Morgan fingerprint density at radius 1 is 1.29 bits per heavy atom. The zero-order chi connectivity index (χ0) is 11.7. The van der Waals surface area contributed by atoms with E-state index >= 15 is 0 Å². The first-order valence-electron chi connectivity index (χ1n) is 5.62. The Labute approximate surface area is 104 Å². The molecule has 1 aromatic carbocycles. The van der Waals surface area contributed by atoms with E-state index in [-0.39, 0.29) is 0 Å². The van der Waals surface area contributed by atoms with E-state index in [0.29, 0.717) is 0 Å². The average molecular weight is 246 g/mol. The summed E-state index contributed by atoms with van der Waals surface area (Å²) in [6, 6.07) is 10.5. The third-order valence-electron chi connectivity index (χ3n) is 2.98. The first-order valence-corrected chi connectivity index (χ1v) is 6.43. The van der Waals surface area contributed by atoms with Crippen molar-refractivity contribution < 1.29 is 0 Å². The fourth-order valence-electron chi connectivity index (χ4n) is 2.12. The van der Waals surface area contributed by atoms with E-state index in [0.717, 1.165) is 24.6 Å². The predicted octanol–water partition coefficient (Wildman–Crippen LogP) is 1.99. The maximum Gasteiger partial charge on any atom is 0.197 e. The fraction of sp³-hybridized carbons (Fsp3) is 0.250. The number of hydrogen-bond acceptors (Lipinski definition) is 5. The van der Waals surface area contributed by atoms with Gasteiger partial charge in [0.15, 0.2) is 5.13 Å². The molecule has 2 heterocycles. The summed E-state index contributed by atoms with van der Waals surface area (Å²) in [4.78, 5) is 8.14. The van der Waals surface area contributed by atoms with Crippen molar-refractivity contribution in [1.29, 1.82) is 0 Å². The minimum Gasteiger partial charge on any atom is -0.366 e. The van der Waals surface area contributed by atoms with E-state index in [4.69, 9.17) is 5.84 Å². The van der Waals surface area contributed by atoms with Crippen molar-refractivity contribution in [3.63, 3.8) is 0 Å². The summed E-state index contributed by atoms with van der Waals surface area (Å²) in [6.07, 6.45) is 0.988. The van der Waals surface area contributed by atoms with Gasteiger partial charge in [-0.1, -0.05) is 29.5 Å². The number of fused-ring (bicyclic) bond motifs is 1. The Bertz CT molecular complexity index is 508. The normalized spacial score (nSPS) is 14.5. The summed E-state index contributed by atoms with van der Waals surface area (Å²) in [5.41, 5.74) is 5.09. The number of nitrogens with zero attached hydrogens (tertiary/aromatic N) is 2. The Balaban J connectivity index is 1.85. The van der Waals surface area contributed by atoms with Crippen LogP contribution >= 0.6 is 11.3 Å². The van der Waals surface area contributed by atoms with Gasteiger partial charge in [-0.3, -0.25) is 5.43 Å². The molecule has 0 bridgehead atoms. The van der Waals surface area contributed by atoms with Crippen molar-refractivity contribution in [3.05, 3.63) is 40.9 Å². The maximum absolute atomic E-state index is 5.39. The lowest BCUT2D eigenvalue weighted by atomic mass is 10.1. The third kappa shape index (κ3) is 1.99. The number of thiazole rings is 1. The Hall–Kier alpha value is -1.59. The molecule has 0 saturated carbocycles. The van der Waals surface area contributed by atoms with Crippen molar-refractivity contribution in [1.82, 2.24) is 4.98 Å². The standard InChI is InChI=1S/C12H14N4S/c13-15-12-14-10-6-7-16(8-11(10)17-12)9-4-2-1-3-5-9/h1-5H,6-8,13H2,(H,14,15). The van der Waals surface area contributed by atoms with Crippen molar-refractivity contribution in [2.45, 2.75) is 13.0 Å². The Morgan fingerprint density at radius 3 is 2.88 bits per heavy atom. The molecule has 5 heteroatoms. The van der Waals surface area contributed by atoms with Gasteiger partial charge in [-0.25, -0.2) is 10.8 Å². The SMILES string of the molecule is NNc1nc2c(s1)CN(c1ccccc1)CC2. The van der Waals surface area contributed by atoms with Crippen LogP contribution in [0.3, 0.4) is 0 Å². The molecule has 3 N–H and O–H groups in total. The number of nitrogen functional groups attached to an aromatic ring is 1. The summed E-state index contributed by atoms with van der Waals surface area (Å²) in [6.45, 7) is 1.95. The molecule has 0 radical (unpaired) electrons. The molecule has 0 fully saturated rings. The molecule has 0 unspecified atom stereocenters. The molecule has 1 aliphatic heterocycles. The van der Waals surface area contributed by atoms with Gasteiger partial charge in [0.25, 0.3) is 0 Å². The molecule has 4 nitrogen and oxygen atoms in total. The molecule has 17 heavy (non-hydrogen) atoms. The van der Waals surface area contributed by atoms with Gasteiger partial charge in [0.1, 0.15) is 0 Å². The number of para-hydroxylation sites is 1. The van der Waals surface area contributed by atoms with Gasteiger partial charge in [0, 0.05) is 23.5 Å². The second-order valence-corrected chi connectivity index (χ2v) is 5.12. The molecule has 0 amide bonds. The van der Waals surface area contributed by atoms with Crippen LogP contribution in [-0.4, -0.2) is 11.5 Å². The maximum atomic E-state index is 5.39. The van der Waals surface area contributed by atoms with E-state index in [2.05, 4.69) is 39.6 Å². The van der Waals surface area contributed by atoms with E-state index in [9.17, 15) is 0 Å². The van der Waals surface area contributed by atoms with Crippen LogP contribution in [0.4, 0.5) is 10.8 Å². The summed E-state index contributed by atoms with van der Waals surface area (Å²) in [7, 11) is 0. The van der Waals surface area contributed by atoms with Crippen LogP contribution in [0.2, 0.25) is 0 Å². The summed E-state index contributed by atoms with van der Waals surface area (Å²) < 4.78 is 0. The van der Waals surface area contributed by atoms with Crippen molar-refractivity contribution in [2.75, 3.05) is 16.9 Å². The van der Waals surface area contributed by atoms with Crippen molar-refractivity contribution >= 4 is 22.2 Å². The monoisotopic (exact) mass is 246 g/mol. The molecular formula is C12H14N4S. The van der Waals surface area contributed by atoms with E-state index in [1.165, 1.54) is 16.3 Å². The number of aromatic nitrogens is 1. The van der Waals surface area contributed by atoms with Crippen LogP contribution in [0.25, 0.3) is 0 Å². The molecular weight excluding hydrogens is 232 g/mol. The minimum absolute atomic E-state index is 0.810.